The van der Waals surface area contributed by atoms with Crippen LogP contribution < -0.4 is 4.74 Å². The first-order valence-corrected chi connectivity index (χ1v) is 4.79. The molecule has 1 fully saturated rings. The molecule has 0 aromatic heterocycles. The van der Waals surface area contributed by atoms with Crippen LogP contribution >= 0.6 is 0 Å². The van der Waals surface area contributed by atoms with E-state index < -0.39 is 11.4 Å². The summed E-state index contributed by atoms with van der Waals surface area (Å²) in [5.41, 5.74) is -0.607. The summed E-state index contributed by atoms with van der Waals surface area (Å²) in [6.07, 6.45) is 2.62. The molecule has 0 atom stereocenters. The average molecular weight is 223 g/mol. The van der Waals surface area contributed by atoms with Crippen molar-refractivity contribution in [3.8, 4) is 11.5 Å². The topological polar surface area (TPSA) is 58.9 Å². The maximum atomic E-state index is 13.7. The molecule has 1 aliphatic rings. The van der Waals surface area contributed by atoms with Gasteiger partial charge in [0.1, 0.15) is 11.4 Å². The Morgan fingerprint density at radius 3 is 2.75 bits per heavy atom. The smallest absolute Gasteiger partial charge is 0.235 e. The van der Waals surface area contributed by atoms with Gasteiger partial charge >= 0.3 is 0 Å². The van der Waals surface area contributed by atoms with Gasteiger partial charge in [-0.15, -0.1) is 0 Å². The lowest BCUT2D eigenvalue weighted by atomic mass is 10.0. The number of methoxy groups -OCH3 is 1. The molecule has 0 bridgehead atoms. The molecule has 1 aromatic rings. The Kier molecular flexibility index (Phi) is 2.40. The van der Waals surface area contributed by atoms with Gasteiger partial charge in [-0.1, -0.05) is 0 Å². The summed E-state index contributed by atoms with van der Waals surface area (Å²) in [6.45, 7) is 0. The summed E-state index contributed by atoms with van der Waals surface area (Å²) in [5, 5.41) is 9.54. The summed E-state index contributed by atoms with van der Waals surface area (Å²) < 4.78 is 18.5. The second-order valence-electron chi connectivity index (χ2n) is 3.74. The maximum Gasteiger partial charge on any atom is 0.235 e. The van der Waals surface area contributed by atoms with Gasteiger partial charge in [-0.3, -0.25) is 0 Å². The van der Waals surface area contributed by atoms with Gasteiger partial charge in [0, 0.05) is 11.6 Å². The highest BCUT2D eigenvalue weighted by Crippen LogP contribution is 2.51. The van der Waals surface area contributed by atoms with E-state index >= 15 is 0 Å². The van der Waals surface area contributed by atoms with E-state index in [2.05, 4.69) is 4.99 Å². The van der Waals surface area contributed by atoms with Crippen molar-refractivity contribution in [3.05, 3.63) is 23.5 Å². The van der Waals surface area contributed by atoms with Crippen molar-refractivity contribution >= 4 is 6.08 Å². The SMILES string of the molecule is COc1cc(F)c(C2(N=C=O)CC2)cc1O. The second-order valence-corrected chi connectivity index (χ2v) is 3.74. The Balaban J connectivity index is 2.50. The largest absolute Gasteiger partial charge is 0.504 e. The minimum absolute atomic E-state index is 0.0622. The van der Waals surface area contributed by atoms with E-state index in [-0.39, 0.29) is 17.1 Å². The molecule has 84 valence electrons. The predicted molar refractivity (Wildman–Crippen MR) is 53.7 cm³/mol. The number of rotatable bonds is 3. The fourth-order valence-electron chi connectivity index (χ4n) is 1.71. The van der Waals surface area contributed by atoms with Gasteiger partial charge in [0.25, 0.3) is 0 Å². The highest BCUT2D eigenvalue weighted by Gasteiger charge is 2.47. The number of phenols is 1. The molecule has 0 heterocycles. The van der Waals surface area contributed by atoms with Crippen molar-refractivity contribution in [1.82, 2.24) is 0 Å². The molecule has 1 N–H and O–H groups in total. The lowest BCUT2D eigenvalue weighted by Crippen LogP contribution is -2.05. The molecule has 2 rings (SSSR count). The summed E-state index contributed by atoms with van der Waals surface area (Å²) in [7, 11) is 1.34. The standard InChI is InChI=1S/C11H10FNO3/c1-16-10-5-8(12)7(4-9(10)15)11(2-3-11)13-6-14/h4-5,15H,2-3H2,1H3. The van der Waals surface area contributed by atoms with Gasteiger partial charge in [-0.05, 0) is 18.9 Å². The fourth-order valence-corrected chi connectivity index (χ4v) is 1.71. The Bertz CT molecular complexity index is 476. The van der Waals surface area contributed by atoms with Crippen LogP contribution in [0, 0.1) is 5.82 Å². The van der Waals surface area contributed by atoms with E-state index in [4.69, 9.17) is 4.74 Å². The van der Waals surface area contributed by atoms with Crippen molar-refractivity contribution < 1.29 is 19.0 Å². The number of aromatic hydroxyl groups is 1. The molecular weight excluding hydrogens is 213 g/mol. The van der Waals surface area contributed by atoms with Crippen LogP contribution in [-0.2, 0) is 10.3 Å². The Labute approximate surface area is 91.4 Å². The monoisotopic (exact) mass is 223 g/mol. The van der Waals surface area contributed by atoms with Gasteiger partial charge < -0.3 is 9.84 Å². The number of hydrogen-bond acceptors (Lipinski definition) is 4. The van der Waals surface area contributed by atoms with Crippen LogP contribution in [0.4, 0.5) is 4.39 Å². The van der Waals surface area contributed by atoms with E-state index in [1.54, 1.807) is 0 Å². The summed E-state index contributed by atoms with van der Waals surface area (Å²) in [4.78, 5) is 13.8. The van der Waals surface area contributed by atoms with Crippen LogP contribution in [0.15, 0.2) is 17.1 Å². The number of isocyanates is 1. The highest BCUT2D eigenvalue weighted by molar-refractivity contribution is 5.48. The zero-order valence-electron chi connectivity index (χ0n) is 8.66. The second kappa shape index (κ2) is 3.61. The minimum Gasteiger partial charge on any atom is -0.504 e. The molecule has 0 saturated heterocycles. The van der Waals surface area contributed by atoms with Crippen LogP contribution in [0.25, 0.3) is 0 Å². The van der Waals surface area contributed by atoms with Crippen LogP contribution in [0.3, 0.4) is 0 Å². The molecule has 5 heteroatoms. The van der Waals surface area contributed by atoms with Gasteiger partial charge in [0.15, 0.2) is 11.5 Å². The van der Waals surface area contributed by atoms with E-state index in [0.29, 0.717) is 12.8 Å². The number of phenolic OH excluding ortho intramolecular Hbond substituents is 1. The molecule has 1 saturated carbocycles. The lowest BCUT2D eigenvalue weighted by molar-refractivity contribution is 0.368. The molecule has 0 unspecified atom stereocenters. The number of halogens is 1. The first-order chi connectivity index (χ1) is 7.63. The summed E-state index contributed by atoms with van der Waals surface area (Å²) in [6, 6.07) is 2.34. The van der Waals surface area contributed by atoms with Crippen LogP contribution in [-0.4, -0.2) is 18.3 Å². The van der Waals surface area contributed by atoms with Gasteiger partial charge in [-0.2, -0.15) is 4.99 Å². The van der Waals surface area contributed by atoms with Crippen LogP contribution in [0.2, 0.25) is 0 Å². The zero-order valence-corrected chi connectivity index (χ0v) is 8.66. The first kappa shape index (κ1) is 10.6. The third-order valence-corrected chi connectivity index (χ3v) is 2.75. The van der Waals surface area contributed by atoms with E-state index in [1.807, 2.05) is 0 Å². The Morgan fingerprint density at radius 2 is 2.25 bits per heavy atom. The van der Waals surface area contributed by atoms with Gasteiger partial charge in [0.2, 0.25) is 6.08 Å². The van der Waals surface area contributed by atoms with Gasteiger partial charge in [-0.25, -0.2) is 9.18 Å². The molecule has 0 radical (unpaired) electrons. The molecular formula is C11H10FNO3. The summed E-state index contributed by atoms with van der Waals surface area (Å²) in [5.74, 6) is -0.635. The minimum atomic E-state index is -0.824. The predicted octanol–water partition coefficient (Wildman–Crippen LogP) is 1.86. The zero-order chi connectivity index (χ0) is 11.8. The van der Waals surface area contributed by atoms with Crippen LogP contribution in [0.5, 0.6) is 11.5 Å². The molecule has 0 aliphatic heterocycles. The van der Waals surface area contributed by atoms with Crippen LogP contribution in [0.1, 0.15) is 18.4 Å². The van der Waals surface area contributed by atoms with Gasteiger partial charge in [0.05, 0.1) is 7.11 Å². The molecule has 1 aliphatic carbocycles. The van der Waals surface area contributed by atoms with Crippen molar-refractivity contribution in [2.24, 2.45) is 4.99 Å². The number of aliphatic imine (C=N–C) groups is 1. The molecule has 0 amide bonds. The van der Waals surface area contributed by atoms with Crippen molar-refractivity contribution in [1.29, 1.82) is 0 Å². The van der Waals surface area contributed by atoms with E-state index in [9.17, 15) is 14.3 Å². The molecule has 16 heavy (non-hydrogen) atoms. The third kappa shape index (κ3) is 1.55. The quantitative estimate of drug-likeness (QED) is 0.628. The number of hydrogen-bond donors (Lipinski definition) is 1. The normalized spacial score (nSPS) is 16.4. The van der Waals surface area contributed by atoms with E-state index in [1.165, 1.54) is 19.3 Å². The summed E-state index contributed by atoms with van der Waals surface area (Å²) >= 11 is 0. The average Bonchev–Trinajstić information content (AvgIpc) is 3.02. The highest BCUT2D eigenvalue weighted by atomic mass is 19.1. The van der Waals surface area contributed by atoms with Crippen molar-refractivity contribution in [3.63, 3.8) is 0 Å². The molecule has 0 spiro atoms. The van der Waals surface area contributed by atoms with Crippen molar-refractivity contribution in [2.45, 2.75) is 18.4 Å². The van der Waals surface area contributed by atoms with Crippen molar-refractivity contribution in [2.75, 3.05) is 7.11 Å². The Hall–Kier alpha value is -1.87. The molecule has 4 nitrogen and oxygen atoms in total. The molecule has 1 aromatic carbocycles. The third-order valence-electron chi connectivity index (χ3n) is 2.75. The number of benzene rings is 1. The van der Waals surface area contributed by atoms with E-state index in [0.717, 1.165) is 6.07 Å². The number of carbonyl (C=O) groups excluding carboxylic acids is 1. The first-order valence-electron chi connectivity index (χ1n) is 4.79. The number of nitrogens with zero attached hydrogens (tertiary/aromatic N) is 1. The lowest BCUT2D eigenvalue weighted by Gasteiger charge is -2.12. The number of ether oxygens (including phenoxy) is 1. The maximum absolute atomic E-state index is 13.7. The Morgan fingerprint density at radius 1 is 1.56 bits per heavy atom. The fraction of sp³-hybridized carbons (Fsp3) is 0.364.